The zero-order valence-electron chi connectivity index (χ0n) is 26.6. The zero-order chi connectivity index (χ0) is 33.5. The molecule has 0 aromatic heterocycles. The molecular formula is C35H44N4O6S. The van der Waals surface area contributed by atoms with Crippen molar-refractivity contribution in [3.63, 3.8) is 0 Å². The standard InChI is InChI=1S/C35H44N4O6S/c1-5-6-17-35(42)39(37-34(41)24-36-23-29-15-11-8-12-16-29)32(22-28-13-9-7-10-14-28)33(40)26-38(25-27(2)3)46(43,44)31-20-18-30(45-4)19-21-31/h1,7-16,18-21,27,32-33,36,40H,6,17,22-26H2,2-4H3,(H,37,41)/t32?,33-/m1/s1. The van der Waals surface area contributed by atoms with E-state index in [0.717, 1.165) is 16.1 Å². The maximum Gasteiger partial charge on any atom is 0.252 e. The summed E-state index contributed by atoms with van der Waals surface area (Å²) in [6.45, 7) is 3.87. The molecule has 0 fully saturated rings. The summed E-state index contributed by atoms with van der Waals surface area (Å²) < 4.78 is 34.1. The van der Waals surface area contributed by atoms with Crippen LogP contribution in [-0.2, 0) is 32.6 Å². The Bertz CT molecular complexity index is 1530. The molecule has 3 N–H and O–H groups in total. The number of methoxy groups -OCH3 is 1. The van der Waals surface area contributed by atoms with Gasteiger partial charge in [-0.3, -0.25) is 15.0 Å². The number of hydrogen-bond acceptors (Lipinski definition) is 7. The van der Waals surface area contributed by atoms with Crippen LogP contribution in [0.25, 0.3) is 0 Å². The maximum absolute atomic E-state index is 13.8. The summed E-state index contributed by atoms with van der Waals surface area (Å²) in [5, 5.41) is 16.0. The third-order valence-electron chi connectivity index (χ3n) is 7.17. The van der Waals surface area contributed by atoms with E-state index < -0.39 is 34.0 Å². The molecule has 0 saturated carbocycles. The number of sulfonamides is 1. The molecule has 0 aliphatic rings. The number of rotatable bonds is 17. The topological polar surface area (TPSA) is 128 Å². The van der Waals surface area contributed by atoms with Crippen molar-refractivity contribution in [1.29, 1.82) is 0 Å². The van der Waals surface area contributed by atoms with Gasteiger partial charge >= 0.3 is 0 Å². The minimum absolute atomic E-state index is 0.0421. The van der Waals surface area contributed by atoms with E-state index in [4.69, 9.17) is 11.2 Å². The number of nitrogens with one attached hydrogen (secondary N) is 2. The lowest BCUT2D eigenvalue weighted by Gasteiger charge is -2.37. The zero-order valence-corrected chi connectivity index (χ0v) is 27.4. The first-order valence-electron chi connectivity index (χ1n) is 15.2. The Labute approximate surface area is 272 Å². The van der Waals surface area contributed by atoms with E-state index in [9.17, 15) is 23.1 Å². The summed E-state index contributed by atoms with van der Waals surface area (Å²) in [7, 11) is -2.56. The monoisotopic (exact) mass is 648 g/mol. The van der Waals surface area contributed by atoms with Crippen LogP contribution in [0.5, 0.6) is 5.75 Å². The van der Waals surface area contributed by atoms with Crippen LogP contribution < -0.4 is 15.5 Å². The predicted molar refractivity (Wildman–Crippen MR) is 178 cm³/mol. The van der Waals surface area contributed by atoms with Gasteiger partial charge in [0.2, 0.25) is 15.9 Å². The van der Waals surface area contributed by atoms with E-state index in [-0.39, 0.29) is 49.7 Å². The number of nitrogens with zero attached hydrogens (tertiary/aromatic N) is 2. The average molecular weight is 649 g/mol. The quantitative estimate of drug-likeness (QED) is 0.151. The highest BCUT2D eigenvalue weighted by Crippen LogP contribution is 2.23. The van der Waals surface area contributed by atoms with Crippen molar-refractivity contribution in [3.05, 3.63) is 96.1 Å². The number of amides is 2. The van der Waals surface area contributed by atoms with Crippen LogP contribution in [0.3, 0.4) is 0 Å². The van der Waals surface area contributed by atoms with Crippen molar-refractivity contribution in [2.24, 2.45) is 5.92 Å². The van der Waals surface area contributed by atoms with Crippen LogP contribution in [0.4, 0.5) is 0 Å². The number of aliphatic hydroxyl groups is 1. The maximum atomic E-state index is 13.8. The van der Waals surface area contributed by atoms with Crippen LogP contribution in [0, 0.1) is 18.3 Å². The number of carbonyl (C=O) groups excluding carboxylic acids is 2. The molecule has 0 bridgehead atoms. The molecule has 0 aliphatic carbocycles. The van der Waals surface area contributed by atoms with Gasteiger partial charge in [-0.1, -0.05) is 74.5 Å². The van der Waals surface area contributed by atoms with Gasteiger partial charge in [0.15, 0.2) is 0 Å². The molecule has 11 heteroatoms. The van der Waals surface area contributed by atoms with Crippen molar-refractivity contribution in [2.75, 3.05) is 26.7 Å². The summed E-state index contributed by atoms with van der Waals surface area (Å²) in [5.74, 6) is 1.88. The van der Waals surface area contributed by atoms with Crippen LogP contribution in [0.1, 0.15) is 37.8 Å². The molecule has 2 amide bonds. The van der Waals surface area contributed by atoms with Crippen LogP contribution in [-0.4, -0.2) is 73.5 Å². The fraction of sp³-hybridized carbons (Fsp3) is 0.371. The van der Waals surface area contributed by atoms with Gasteiger partial charge in [-0.2, -0.15) is 4.31 Å². The molecule has 0 spiro atoms. The SMILES string of the molecule is C#CCCC(=O)N(NC(=O)CNCc1ccccc1)C(Cc1ccccc1)[C@H](O)CN(CC(C)C)S(=O)(=O)c1ccc(OC)cc1. The van der Waals surface area contributed by atoms with Crippen molar-refractivity contribution in [1.82, 2.24) is 20.1 Å². The summed E-state index contributed by atoms with van der Waals surface area (Å²) in [5.41, 5.74) is 4.45. The van der Waals surface area contributed by atoms with Gasteiger partial charge in [-0.05, 0) is 47.7 Å². The van der Waals surface area contributed by atoms with Gasteiger partial charge in [-0.15, -0.1) is 12.3 Å². The summed E-state index contributed by atoms with van der Waals surface area (Å²) in [6.07, 6.45) is 4.24. The molecule has 0 radical (unpaired) electrons. The Morgan fingerprint density at radius 1 is 0.935 bits per heavy atom. The Balaban J connectivity index is 1.92. The van der Waals surface area contributed by atoms with Gasteiger partial charge in [0.25, 0.3) is 5.91 Å². The van der Waals surface area contributed by atoms with E-state index >= 15 is 0 Å². The van der Waals surface area contributed by atoms with E-state index in [0.29, 0.717) is 12.3 Å². The van der Waals surface area contributed by atoms with Crippen molar-refractivity contribution in [2.45, 2.75) is 56.7 Å². The van der Waals surface area contributed by atoms with Gasteiger partial charge < -0.3 is 15.2 Å². The summed E-state index contributed by atoms with van der Waals surface area (Å²) >= 11 is 0. The summed E-state index contributed by atoms with van der Waals surface area (Å²) in [4.78, 5) is 26.8. The Morgan fingerprint density at radius 2 is 1.54 bits per heavy atom. The highest BCUT2D eigenvalue weighted by Gasteiger charge is 2.35. The predicted octanol–water partition coefficient (Wildman–Crippen LogP) is 3.38. The largest absolute Gasteiger partial charge is 0.497 e. The number of hydrogen-bond donors (Lipinski definition) is 3. The number of benzene rings is 3. The highest BCUT2D eigenvalue weighted by molar-refractivity contribution is 7.89. The van der Waals surface area contributed by atoms with E-state index in [1.165, 1.54) is 23.5 Å². The van der Waals surface area contributed by atoms with Gasteiger partial charge in [-0.25, -0.2) is 13.4 Å². The van der Waals surface area contributed by atoms with Crippen molar-refractivity contribution >= 4 is 21.8 Å². The number of aliphatic hydroxyl groups excluding tert-OH is 1. The van der Waals surface area contributed by atoms with Crippen molar-refractivity contribution in [3.8, 4) is 18.1 Å². The van der Waals surface area contributed by atoms with Crippen LogP contribution in [0.2, 0.25) is 0 Å². The molecule has 0 heterocycles. The first kappa shape index (κ1) is 36.3. The minimum Gasteiger partial charge on any atom is -0.497 e. The molecule has 3 aromatic rings. The first-order chi connectivity index (χ1) is 22.0. The molecule has 0 saturated heterocycles. The summed E-state index contributed by atoms with van der Waals surface area (Å²) in [6, 6.07) is 23.7. The normalized spacial score (nSPS) is 12.7. The number of carbonyl (C=O) groups is 2. The molecule has 2 atom stereocenters. The van der Waals surface area contributed by atoms with Crippen molar-refractivity contribution < 1.29 is 27.9 Å². The second-order valence-electron chi connectivity index (χ2n) is 11.3. The Morgan fingerprint density at radius 3 is 2.11 bits per heavy atom. The lowest BCUT2D eigenvalue weighted by Crippen LogP contribution is -2.60. The Kier molecular flexibility index (Phi) is 14.2. The second-order valence-corrected chi connectivity index (χ2v) is 13.2. The minimum atomic E-state index is -4.05. The molecule has 10 nitrogen and oxygen atoms in total. The molecule has 246 valence electrons. The lowest BCUT2D eigenvalue weighted by atomic mass is 9.99. The lowest BCUT2D eigenvalue weighted by molar-refractivity contribution is -0.147. The fourth-order valence-electron chi connectivity index (χ4n) is 4.88. The molecular weight excluding hydrogens is 604 g/mol. The second kappa shape index (κ2) is 18.1. The Hall–Kier alpha value is -4.21. The van der Waals surface area contributed by atoms with Crippen LogP contribution >= 0.6 is 0 Å². The highest BCUT2D eigenvalue weighted by atomic mass is 32.2. The van der Waals surface area contributed by atoms with E-state index in [1.54, 1.807) is 12.1 Å². The molecule has 0 aliphatic heterocycles. The molecule has 1 unspecified atom stereocenters. The molecule has 3 rings (SSSR count). The average Bonchev–Trinajstić information content (AvgIpc) is 3.05. The third-order valence-corrected chi connectivity index (χ3v) is 9.02. The first-order valence-corrected chi connectivity index (χ1v) is 16.6. The number of ether oxygens (including phenoxy) is 1. The molecule has 46 heavy (non-hydrogen) atoms. The number of terminal acetylenes is 1. The van der Waals surface area contributed by atoms with Gasteiger partial charge in [0.05, 0.1) is 30.7 Å². The van der Waals surface area contributed by atoms with Gasteiger partial charge in [0, 0.05) is 32.5 Å². The fourth-order valence-corrected chi connectivity index (χ4v) is 6.50. The van der Waals surface area contributed by atoms with Gasteiger partial charge in [0.1, 0.15) is 5.75 Å². The third kappa shape index (κ3) is 11.0. The van der Waals surface area contributed by atoms with E-state index in [2.05, 4.69) is 16.7 Å². The van der Waals surface area contributed by atoms with Crippen LogP contribution in [0.15, 0.2) is 89.8 Å². The smallest absolute Gasteiger partial charge is 0.252 e. The number of hydrazine groups is 1. The van der Waals surface area contributed by atoms with E-state index in [1.807, 2.05) is 74.5 Å². The molecule has 3 aromatic carbocycles.